The summed E-state index contributed by atoms with van der Waals surface area (Å²) in [6.07, 6.45) is 11.6. The van der Waals surface area contributed by atoms with E-state index in [2.05, 4.69) is 16.0 Å². The number of carbonyl (C=O) groups excluding carboxylic acids is 1. The minimum absolute atomic E-state index is 0.0679. The minimum Gasteiger partial charge on any atom is -0.481 e. The van der Waals surface area contributed by atoms with E-state index in [0.29, 0.717) is 29.8 Å². The molecule has 1 aliphatic carbocycles. The van der Waals surface area contributed by atoms with Crippen molar-refractivity contribution >= 4 is 29.5 Å². The van der Waals surface area contributed by atoms with Crippen LogP contribution in [0.4, 0.5) is 5.82 Å². The Bertz CT molecular complexity index is 1040. The van der Waals surface area contributed by atoms with Crippen molar-refractivity contribution < 1.29 is 14.7 Å². The second-order valence-corrected chi connectivity index (χ2v) is 11.4. The van der Waals surface area contributed by atoms with Gasteiger partial charge >= 0.3 is 5.97 Å². The zero-order chi connectivity index (χ0) is 24.2. The standard InChI is InChI=1S/C27H34N4O3S/c32-25(33)15-19-5-4-13-30(17-19)24-10-9-23(26(29-24)35-22-7-1-2-8-22)27(34)31-14-11-21(18-31)20-6-3-12-28-16-20/h3,6,9-10,12,16,19,21-22H,1-2,4-5,7-8,11,13-15,17-18H2,(H,32,33). The van der Waals surface area contributed by atoms with E-state index in [0.717, 1.165) is 43.2 Å². The van der Waals surface area contributed by atoms with Crippen LogP contribution < -0.4 is 4.90 Å². The van der Waals surface area contributed by atoms with Gasteiger partial charge in [0, 0.05) is 56.2 Å². The maximum atomic E-state index is 13.7. The van der Waals surface area contributed by atoms with Crippen molar-refractivity contribution in [2.75, 3.05) is 31.1 Å². The normalized spacial score (nSPS) is 23.1. The average molecular weight is 495 g/mol. The Balaban J connectivity index is 1.35. The lowest BCUT2D eigenvalue weighted by atomic mass is 9.95. The number of likely N-dealkylation sites (tertiary alicyclic amines) is 1. The van der Waals surface area contributed by atoms with Crippen LogP contribution >= 0.6 is 11.8 Å². The molecule has 0 bridgehead atoms. The molecule has 8 heteroatoms. The lowest BCUT2D eigenvalue weighted by Gasteiger charge is -2.33. The molecule has 1 amide bonds. The maximum Gasteiger partial charge on any atom is 0.303 e. The predicted octanol–water partition coefficient (Wildman–Crippen LogP) is 4.83. The molecule has 2 unspecified atom stereocenters. The maximum absolute atomic E-state index is 13.7. The number of thioether (sulfide) groups is 1. The van der Waals surface area contributed by atoms with Crippen LogP contribution in [-0.2, 0) is 4.79 Å². The van der Waals surface area contributed by atoms with E-state index in [4.69, 9.17) is 4.98 Å². The van der Waals surface area contributed by atoms with E-state index in [1.807, 2.05) is 29.3 Å². The van der Waals surface area contributed by atoms with Crippen molar-refractivity contribution in [1.29, 1.82) is 0 Å². The third-order valence-electron chi connectivity index (χ3n) is 7.59. The lowest BCUT2D eigenvalue weighted by Crippen LogP contribution is -2.37. The second kappa shape index (κ2) is 11.0. The Morgan fingerprint density at radius 1 is 1.03 bits per heavy atom. The summed E-state index contributed by atoms with van der Waals surface area (Å²) in [6.45, 7) is 3.04. The van der Waals surface area contributed by atoms with E-state index in [9.17, 15) is 14.7 Å². The topological polar surface area (TPSA) is 86.6 Å². The first-order valence-electron chi connectivity index (χ1n) is 12.9. The predicted molar refractivity (Wildman–Crippen MR) is 137 cm³/mol. The van der Waals surface area contributed by atoms with Crippen LogP contribution in [0.25, 0.3) is 0 Å². The molecule has 0 aromatic carbocycles. The van der Waals surface area contributed by atoms with Gasteiger partial charge in [-0.05, 0) is 61.8 Å². The quantitative estimate of drug-likeness (QED) is 0.590. The minimum atomic E-state index is -0.738. The van der Waals surface area contributed by atoms with Gasteiger partial charge in [-0.3, -0.25) is 14.6 Å². The fraction of sp³-hybridized carbons (Fsp3) is 0.556. The summed E-state index contributed by atoms with van der Waals surface area (Å²) in [5.41, 5.74) is 1.90. The van der Waals surface area contributed by atoms with Gasteiger partial charge in [-0.15, -0.1) is 11.8 Å². The summed E-state index contributed by atoms with van der Waals surface area (Å²) in [6, 6.07) is 7.98. The SMILES string of the molecule is O=C(O)CC1CCCN(c2ccc(C(=O)N3CCC(c4cccnc4)C3)c(SC3CCCC3)n2)C1. The van der Waals surface area contributed by atoms with Crippen molar-refractivity contribution in [3.8, 4) is 0 Å². The highest BCUT2D eigenvalue weighted by Gasteiger charge is 2.31. The van der Waals surface area contributed by atoms with E-state index < -0.39 is 5.97 Å². The first-order valence-corrected chi connectivity index (χ1v) is 13.8. The molecule has 1 saturated carbocycles. The summed E-state index contributed by atoms with van der Waals surface area (Å²) < 4.78 is 0. The number of hydrogen-bond donors (Lipinski definition) is 1. The number of carboxylic acids is 1. The molecule has 2 aromatic rings. The van der Waals surface area contributed by atoms with Crippen LogP contribution in [0, 0.1) is 5.92 Å². The van der Waals surface area contributed by atoms with Crippen molar-refractivity contribution in [2.45, 2.75) is 67.6 Å². The van der Waals surface area contributed by atoms with Gasteiger partial charge in [0.25, 0.3) is 5.91 Å². The monoisotopic (exact) mass is 494 g/mol. The molecular formula is C27H34N4O3S. The van der Waals surface area contributed by atoms with Crippen molar-refractivity contribution in [2.24, 2.45) is 5.92 Å². The number of aromatic nitrogens is 2. The average Bonchev–Trinajstić information content (AvgIpc) is 3.57. The van der Waals surface area contributed by atoms with E-state index in [1.54, 1.807) is 18.0 Å². The molecule has 2 aliphatic heterocycles. The summed E-state index contributed by atoms with van der Waals surface area (Å²) in [7, 11) is 0. The van der Waals surface area contributed by atoms with Crippen molar-refractivity contribution in [3.05, 3.63) is 47.8 Å². The van der Waals surface area contributed by atoms with Gasteiger partial charge in [0.1, 0.15) is 10.8 Å². The van der Waals surface area contributed by atoms with Crippen LogP contribution in [-0.4, -0.2) is 63.3 Å². The van der Waals surface area contributed by atoms with Crippen molar-refractivity contribution in [3.63, 3.8) is 0 Å². The van der Waals surface area contributed by atoms with Gasteiger partial charge in [0.15, 0.2) is 0 Å². The third-order valence-corrected chi connectivity index (χ3v) is 8.93. The lowest BCUT2D eigenvalue weighted by molar-refractivity contribution is -0.138. The van der Waals surface area contributed by atoms with E-state index >= 15 is 0 Å². The first kappa shape index (κ1) is 24.1. The first-order chi connectivity index (χ1) is 17.1. The van der Waals surface area contributed by atoms with Crippen LogP contribution in [0.5, 0.6) is 0 Å². The number of aliphatic carboxylic acids is 1. The molecule has 2 saturated heterocycles. The number of piperidine rings is 1. The Morgan fingerprint density at radius 3 is 2.66 bits per heavy atom. The molecule has 2 atom stereocenters. The smallest absolute Gasteiger partial charge is 0.303 e. The third kappa shape index (κ3) is 5.80. The van der Waals surface area contributed by atoms with Gasteiger partial charge < -0.3 is 14.9 Å². The summed E-state index contributed by atoms with van der Waals surface area (Å²) in [5, 5.41) is 10.6. The van der Waals surface area contributed by atoms with E-state index in [-0.39, 0.29) is 18.2 Å². The number of anilines is 1. The Hall–Kier alpha value is -2.61. The molecule has 35 heavy (non-hydrogen) atoms. The highest BCUT2D eigenvalue weighted by atomic mass is 32.2. The summed E-state index contributed by atoms with van der Waals surface area (Å²) in [5.74, 6) is 0.665. The largest absolute Gasteiger partial charge is 0.481 e. The Morgan fingerprint density at radius 2 is 1.89 bits per heavy atom. The summed E-state index contributed by atoms with van der Waals surface area (Å²) in [4.78, 5) is 38.3. The zero-order valence-electron chi connectivity index (χ0n) is 20.1. The van der Waals surface area contributed by atoms with E-state index in [1.165, 1.54) is 31.2 Å². The number of nitrogens with zero attached hydrogens (tertiary/aromatic N) is 4. The van der Waals surface area contributed by atoms with Gasteiger partial charge in [0.05, 0.1) is 5.56 Å². The number of pyridine rings is 2. The van der Waals surface area contributed by atoms with Gasteiger partial charge in [-0.25, -0.2) is 4.98 Å². The molecular weight excluding hydrogens is 460 g/mol. The molecule has 186 valence electrons. The Kier molecular flexibility index (Phi) is 7.56. The van der Waals surface area contributed by atoms with Gasteiger partial charge in [-0.1, -0.05) is 18.9 Å². The number of amides is 1. The number of carbonyl (C=O) groups is 2. The molecule has 4 heterocycles. The number of carboxylic acid groups (broad SMARTS) is 1. The summed E-state index contributed by atoms with van der Waals surface area (Å²) >= 11 is 1.76. The van der Waals surface area contributed by atoms with Crippen LogP contribution in [0.3, 0.4) is 0 Å². The van der Waals surface area contributed by atoms with Crippen LogP contribution in [0.1, 0.15) is 73.2 Å². The molecule has 3 fully saturated rings. The highest BCUT2D eigenvalue weighted by Crippen LogP contribution is 2.38. The number of hydrogen-bond acceptors (Lipinski definition) is 6. The second-order valence-electron chi connectivity index (χ2n) is 10.1. The van der Waals surface area contributed by atoms with Gasteiger partial charge in [-0.2, -0.15) is 0 Å². The Labute approximate surface area is 211 Å². The molecule has 3 aliphatic rings. The zero-order valence-corrected chi connectivity index (χ0v) is 21.0. The molecule has 0 radical (unpaired) electrons. The van der Waals surface area contributed by atoms with Crippen LogP contribution in [0.15, 0.2) is 41.7 Å². The number of rotatable bonds is 7. The fourth-order valence-corrected chi connectivity index (χ4v) is 7.03. The van der Waals surface area contributed by atoms with Crippen LogP contribution in [0.2, 0.25) is 0 Å². The molecule has 7 nitrogen and oxygen atoms in total. The molecule has 2 aromatic heterocycles. The fourth-order valence-electron chi connectivity index (χ4n) is 5.71. The highest BCUT2D eigenvalue weighted by molar-refractivity contribution is 7.99. The molecule has 1 N–H and O–H groups in total. The van der Waals surface area contributed by atoms with Gasteiger partial charge in [0.2, 0.25) is 0 Å². The molecule has 5 rings (SSSR count). The van der Waals surface area contributed by atoms with Crippen molar-refractivity contribution in [1.82, 2.24) is 14.9 Å². The molecule has 0 spiro atoms.